The number of aromatic nitrogens is 1. The Labute approximate surface area is 170 Å². The average molecular weight is 406 g/mol. The van der Waals surface area contributed by atoms with Crippen molar-refractivity contribution in [2.75, 3.05) is 32.7 Å². The molecule has 5 nitrogen and oxygen atoms in total. The van der Waals surface area contributed by atoms with Crippen LogP contribution in [0.5, 0.6) is 0 Å². The monoisotopic (exact) mass is 405 g/mol. The molecule has 2 N–H and O–H groups in total. The van der Waals surface area contributed by atoms with E-state index in [1.54, 1.807) is 11.3 Å². The van der Waals surface area contributed by atoms with Gasteiger partial charge in [0.05, 0.1) is 23.3 Å². The second-order valence-corrected chi connectivity index (χ2v) is 9.19. The minimum absolute atomic E-state index is 0.396. The number of nitrogens with one attached hydrogen (secondary N) is 2. The highest BCUT2D eigenvalue weighted by Gasteiger charge is 2.24. The van der Waals surface area contributed by atoms with Gasteiger partial charge in [-0.15, -0.1) is 22.7 Å². The van der Waals surface area contributed by atoms with Gasteiger partial charge in [-0.3, -0.25) is 9.89 Å². The zero-order valence-corrected chi connectivity index (χ0v) is 18.3. The molecule has 0 radical (unpaired) electrons. The smallest absolute Gasteiger partial charge is 0.191 e. The molecule has 3 rings (SSSR count). The summed E-state index contributed by atoms with van der Waals surface area (Å²) in [5.74, 6) is 0.906. The van der Waals surface area contributed by atoms with Crippen molar-refractivity contribution in [3.8, 4) is 0 Å². The fourth-order valence-corrected chi connectivity index (χ4v) is 5.16. The molecule has 0 bridgehead atoms. The van der Waals surface area contributed by atoms with E-state index >= 15 is 0 Å². The van der Waals surface area contributed by atoms with Gasteiger partial charge in [0.2, 0.25) is 0 Å². The molecule has 7 heteroatoms. The van der Waals surface area contributed by atoms with E-state index in [2.05, 4.69) is 58.8 Å². The summed E-state index contributed by atoms with van der Waals surface area (Å²) in [5, 5.41) is 10.2. The maximum absolute atomic E-state index is 4.91. The maximum Gasteiger partial charge on any atom is 0.191 e. The predicted molar refractivity (Wildman–Crippen MR) is 117 cm³/mol. The van der Waals surface area contributed by atoms with Crippen molar-refractivity contribution in [3.05, 3.63) is 38.0 Å². The van der Waals surface area contributed by atoms with Crippen molar-refractivity contribution in [2.45, 2.75) is 46.1 Å². The summed E-state index contributed by atoms with van der Waals surface area (Å²) in [6.45, 7) is 11.2. The molecule has 1 fully saturated rings. The largest absolute Gasteiger partial charge is 0.357 e. The third-order valence-electron chi connectivity index (χ3n) is 4.92. The quantitative estimate of drug-likeness (QED) is 0.519. The van der Waals surface area contributed by atoms with Crippen LogP contribution in [-0.4, -0.2) is 48.6 Å². The Morgan fingerprint density at radius 1 is 1.30 bits per heavy atom. The van der Waals surface area contributed by atoms with Crippen LogP contribution in [0.15, 0.2) is 22.5 Å². The number of guanidine groups is 1. The standard InChI is InChI=1S/C20H31N5S2/c1-4-21-20(22-10-9-19-24-15(2)16(3)27-19)23-14-17(18-8-7-13-26-18)25-11-5-6-12-25/h7-8,13,17H,4-6,9-12,14H2,1-3H3,(H2,21,22,23). The zero-order chi connectivity index (χ0) is 19.1. The molecule has 2 aromatic rings. The molecule has 0 spiro atoms. The van der Waals surface area contributed by atoms with Crippen LogP contribution in [0.3, 0.4) is 0 Å². The van der Waals surface area contributed by atoms with Crippen molar-refractivity contribution in [1.29, 1.82) is 0 Å². The number of rotatable bonds is 8. The normalized spacial score (nSPS) is 16.6. The molecule has 0 aliphatic carbocycles. The van der Waals surface area contributed by atoms with Crippen molar-refractivity contribution in [3.63, 3.8) is 0 Å². The second kappa shape index (κ2) is 10.2. The van der Waals surface area contributed by atoms with E-state index in [1.807, 2.05) is 11.3 Å². The topological polar surface area (TPSA) is 52.6 Å². The molecule has 27 heavy (non-hydrogen) atoms. The number of likely N-dealkylation sites (tertiary alicyclic amines) is 1. The molecule has 1 unspecified atom stereocenters. The number of hydrogen-bond acceptors (Lipinski definition) is 5. The Morgan fingerprint density at radius 2 is 2.11 bits per heavy atom. The van der Waals surface area contributed by atoms with Gasteiger partial charge in [-0.25, -0.2) is 4.98 Å². The maximum atomic E-state index is 4.91. The summed E-state index contributed by atoms with van der Waals surface area (Å²) >= 11 is 3.64. The lowest BCUT2D eigenvalue weighted by atomic mass is 10.2. The first-order valence-corrected chi connectivity index (χ1v) is 11.6. The predicted octanol–water partition coefficient (Wildman–Crippen LogP) is 3.76. The van der Waals surface area contributed by atoms with E-state index in [0.717, 1.165) is 37.7 Å². The highest BCUT2D eigenvalue weighted by Crippen LogP contribution is 2.28. The molecule has 1 aliphatic rings. The zero-order valence-electron chi connectivity index (χ0n) is 16.6. The van der Waals surface area contributed by atoms with E-state index in [4.69, 9.17) is 4.99 Å². The SMILES string of the molecule is CCNC(=NCC(c1cccs1)N1CCCC1)NCCc1nc(C)c(C)s1. The van der Waals surface area contributed by atoms with Crippen LogP contribution in [0, 0.1) is 13.8 Å². The first-order valence-electron chi connectivity index (χ1n) is 9.90. The van der Waals surface area contributed by atoms with Gasteiger partial charge >= 0.3 is 0 Å². The molecule has 1 aliphatic heterocycles. The van der Waals surface area contributed by atoms with Gasteiger partial charge in [0.25, 0.3) is 0 Å². The first kappa shape index (κ1) is 20.3. The molecule has 1 saturated heterocycles. The fraction of sp³-hybridized carbons (Fsp3) is 0.600. The summed E-state index contributed by atoms with van der Waals surface area (Å²) < 4.78 is 0. The highest BCUT2D eigenvalue weighted by molar-refractivity contribution is 7.11. The average Bonchev–Trinajstić information content (AvgIpc) is 3.40. The van der Waals surface area contributed by atoms with Gasteiger partial charge in [0.15, 0.2) is 5.96 Å². The molecule has 148 valence electrons. The van der Waals surface area contributed by atoms with Crippen molar-refractivity contribution >= 4 is 28.6 Å². The van der Waals surface area contributed by atoms with E-state index in [0.29, 0.717) is 6.04 Å². The fourth-order valence-electron chi connectivity index (χ4n) is 3.37. The van der Waals surface area contributed by atoms with Crippen molar-refractivity contribution < 1.29 is 0 Å². The third kappa shape index (κ3) is 5.77. The summed E-state index contributed by atoms with van der Waals surface area (Å²) in [6.07, 6.45) is 3.54. The molecule has 0 aromatic carbocycles. The Kier molecular flexibility index (Phi) is 7.67. The lowest BCUT2D eigenvalue weighted by Crippen LogP contribution is -2.39. The number of nitrogens with zero attached hydrogens (tertiary/aromatic N) is 3. The number of thiophene rings is 1. The minimum atomic E-state index is 0.396. The van der Waals surface area contributed by atoms with Crippen LogP contribution in [0.1, 0.15) is 46.3 Å². The lowest BCUT2D eigenvalue weighted by molar-refractivity contribution is 0.255. The number of aliphatic imine (C=N–C) groups is 1. The summed E-state index contributed by atoms with van der Waals surface area (Å²) in [4.78, 5) is 14.9. The van der Waals surface area contributed by atoms with Crippen molar-refractivity contribution in [1.82, 2.24) is 20.5 Å². The van der Waals surface area contributed by atoms with Crippen LogP contribution >= 0.6 is 22.7 Å². The first-order chi connectivity index (χ1) is 13.2. The molecule has 2 aromatic heterocycles. The van der Waals surface area contributed by atoms with Crippen LogP contribution in [0.2, 0.25) is 0 Å². The van der Waals surface area contributed by atoms with Crippen LogP contribution in [0.25, 0.3) is 0 Å². The van der Waals surface area contributed by atoms with E-state index in [9.17, 15) is 0 Å². The molecule has 0 amide bonds. The van der Waals surface area contributed by atoms with E-state index in [-0.39, 0.29) is 0 Å². The van der Waals surface area contributed by atoms with Gasteiger partial charge < -0.3 is 10.6 Å². The number of thiazole rings is 1. The highest BCUT2D eigenvalue weighted by atomic mass is 32.1. The van der Waals surface area contributed by atoms with Gasteiger partial charge in [0, 0.05) is 29.3 Å². The Morgan fingerprint density at radius 3 is 2.74 bits per heavy atom. The molecule has 1 atom stereocenters. The van der Waals surface area contributed by atoms with Crippen molar-refractivity contribution in [2.24, 2.45) is 4.99 Å². The summed E-state index contributed by atoms with van der Waals surface area (Å²) in [5.41, 5.74) is 1.15. The molecular weight excluding hydrogens is 374 g/mol. The Bertz CT molecular complexity index is 697. The Hall–Kier alpha value is -1.44. The van der Waals surface area contributed by atoms with Gasteiger partial charge in [0.1, 0.15) is 0 Å². The summed E-state index contributed by atoms with van der Waals surface area (Å²) in [6, 6.07) is 4.79. The second-order valence-electron chi connectivity index (χ2n) is 6.92. The number of hydrogen-bond donors (Lipinski definition) is 2. The summed E-state index contributed by atoms with van der Waals surface area (Å²) in [7, 11) is 0. The van der Waals surface area contributed by atoms with Crippen LogP contribution in [0.4, 0.5) is 0 Å². The van der Waals surface area contributed by atoms with Crippen LogP contribution in [-0.2, 0) is 6.42 Å². The number of aryl methyl sites for hydroxylation is 2. The van der Waals surface area contributed by atoms with E-state index in [1.165, 1.54) is 40.7 Å². The van der Waals surface area contributed by atoms with Crippen LogP contribution < -0.4 is 10.6 Å². The minimum Gasteiger partial charge on any atom is -0.357 e. The van der Waals surface area contributed by atoms with E-state index < -0.39 is 0 Å². The molecular formula is C20H31N5S2. The third-order valence-corrected chi connectivity index (χ3v) is 7.03. The molecule has 0 saturated carbocycles. The van der Waals surface area contributed by atoms with Gasteiger partial charge in [-0.05, 0) is 58.1 Å². The van der Waals surface area contributed by atoms with Gasteiger partial charge in [-0.1, -0.05) is 6.07 Å². The van der Waals surface area contributed by atoms with Gasteiger partial charge in [-0.2, -0.15) is 0 Å². The lowest BCUT2D eigenvalue weighted by Gasteiger charge is -2.25. The Balaban J connectivity index is 1.59. The molecule has 3 heterocycles.